The minimum absolute atomic E-state index is 0.111. The molecular formula is C12H10F3N3O2S. The van der Waals surface area contributed by atoms with E-state index in [2.05, 4.69) is 4.98 Å². The van der Waals surface area contributed by atoms with Crippen molar-refractivity contribution < 1.29 is 22.7 Å². The van der Waals surface area contributed by atoms with E-state index >= 15 is 0 Å². The van der Waals surface area contributed by atoms with Gasteiger partial charge in [0.1, 0.15) is 12.4 Å². The van der Waals surface area contributed by atoms with Gasteiger partial charge < -0.3 is 4.74 Å². The number of hydrazine groups is 1. The molecule has 0 spiro atoms. The number of carbonyl (C=O) groups excluding carboxylic acids is 1. The van der Waals surface area contributed by atoms with Gasteiger partial charge in [0.25, 0.3) is 5.91 Å². The zero-order chi connectivity index (χ0) is 15.5. The van der Waals surface area contributed by atoms with E-state index in [0.717, 1.165) is 17.4 Å². The number of benzene rings is 1. The summed E-state index contributed by atoms with van der Waals surface area (Å²) in [5.74, 6) is 4.10. The van der Waals surface area contributed by atoms with Crippen LogP contribution in [0.2, 0.25) is 0 Å². The van der Waals surface area contributed by atoms with Gasteiger partial charge in [-0.1, -0.05) is 12.1 Å². The van der Waals surface area contributed by atoms with Crippen LogP contribution in [0.1, 0.15) is 21.1 Å². The lowest BCUT2D eigenvalue weighted by molar-refractivity contribution is -0.139. The quantitative estimate of drug-likeness (QED) is 0.515. The highest BCUT2D eigenvalue weighted by Gasteiger charge is 2.34. The SMILES string of the molecule is NNC(=O)c1nc(COc2ccccc2C(F)(F)F)cs1. The highest BCUT2D eigenvalue weighted by molar-refractivity contribution is 7.11. The zero-order valence-corrected chi connectivity index (χ0v) is 11.3. The number of hydrogen-bond donors (Lipinski definition) is 2. The van der Waals surface area contributed by atoms with Gasteiger partial charge in [-0.3, -0.25) is 10.2 Å². The Kier molecular flexibility index (Phi) is 4.43. The van der Waals surface area contributed by atoms with Gasteiger partial charge in [0.05, 0.1) is 11.3 Å². The maximum Gasteiger partial charge on any atom is 0.419 e. The monoisotopic (exact) mass is 317 g/mol. The number of carbonyl (C=O) groups is 1. The molecule has 2 rings (SSSR count). The van der Waals surface area contributed by atoms with Crippen LogP contribution in [0.4, 0.5) is 13.2 Å². The number of amides is 1. The first-order valence-corrected chi connectivity index (χ1v) is 6.54. The molecule has 0 atom stereocenters. The number of para-hydroxylation sites is 1. The van der Waals surface area contributed by atoms with Crippen molar-refractivity contribution in [2.45, 2.75) is 12.8 Å². The number of nitrogens with two attached hydrogens (primary N) is 1. The third kappa shape index (κ3) is 3.70. The van der Waals surface area contributed by atoms with Crippen LogP contribution in [0.25, 0.3) is 0 Å². The summed E-state index contributed by atoms with van der Waals surface area (Å²) in [6.45, 7) is -0.179. The average Bonchev–Trinajstić information content (AvgIpc) is 2.92. The van der Waals surface area contributed by atoms with Crippen LogP contribution < -0.4 is 16.0 Å². The molecule has 0 aliphatic rings. The molecular weight excluding hydrogens is 307 g/mol. The molecule has 1 aromatic carbocycles. The van der Waals surface area contributed by atoms with Crippen LogP contribution >= 0.6 is 11.3 Å². The summed E-state index contributed by atoms with van der Waals surface area (Å²) in [6.07, 6.45) is -4.50. The van der Waals surface area contributed by atoms with Gasteiger partial charge in [-0.25, -0.2) is 10.8 Å². The second kappa shape index (κ2) is 6.10. The number of nitrogens with zero attached hydrogens (tertiary/aromatic N) is 1. The fraction of sp³-hybridized carbons (Fsp3) is 0.167. The normalized spacial score (nSPS) is 11.2. The number of thiazole rings is 1. The zero-order valence-electron chi connectivity index (χ0n) is 10.5. The average molecular weight is 317 g/mol. The molecule has 0 fully saturated rings. The molecule has 3 N–H and O–H groups in total. The Morgan fingerprint density at radius 2 is 2.10 bits per heavy atom. The molecule has 0 aliphatic heterocycles. The van der Waals surface area contributed by atoms with Crippen molar-refractivity contribution in [2.24, 2.45) is 5.84 Å². The van der Waals surface area contributed by atoms with E-state index in [0.29, 0.717) is 5.69 Å². The largest absolute Gasteiger partial charge is 0.487 e. The summed E-state index contributed by atoms with van der Waals surface area (Å²) in [5.41, 5.74) is 1.40. The molecule has 5 nitrogen and oxygen atoms in total. The van der Waals surface area contributed by atoms with Gasteiger partial charge in [0.2, 0.25) is 0 Å². The third-order valence-electron chi connectivity index (χ3n) is 2.45. The van der Waals surface area contributed by atoms with E-state index < -0.39 is 17.6 Å². The number of ether oxygens (including phenoxy) is 1. The molecule has 0 bridgehead atoms. The molecule has 1 heterocycles. The molecule has 0 saturated carbocycles. The first-order valence-electron chi connectivity index (χ1n) is 5.66. The Labute approximate surface area is 121 Å². The van der Waals surface area contributed by atoms with Crippen molar-refractivity contribution in [3.05, 3.63) is 45.9 Å². The third-order valence-corrected chi connectivity index (χ3v) is 3.33. The summed E-state index contributed by atoms with van der Waals surface area (Å²) < 4.78 is 43.4. The van der Waals surface area contributed by atoms with Crippen molar-refractivity contribution in [3.8, 4) is 5.75 Å². The number of alkyl halides is 3. The van der Waals surface area contributed by atoms with Crippen molar-refractivity contribution in [2.75, 3.05) is 0 Å². The Balaban J connectivity index is 2.10. The summed E-state index contributed by atoms with van der Waals surface area (Å²) in [7, 11) is 0. The molecule has 9 heteroatoms. The molecule has 2 aromatic rings. The predicted molar refractivity (Wildman–Crippen MR) is 69.5 cm³/mol. The van der Waals surface area contributed by atoms with Gasteiger partial charge >= 0.3 is 6.18 Å². The molecule has 0 aliphatic carbocycles. The van der Waals surface area contributed by atoms with E-state index in [1.54, 1.807) is 0 Å². The molecule has 1 aromatic heterocycles. The van der Waals surface area contributed by atoms with Crippen LogP contribution in [-0.4, -0.2) is 10.9 Å². The number of aromatic nitrogens is 1. The summed E-state index contributed by atoms with van der Waals surface area (Å²) >= 11 is 1.02. The number of nitrogens with one attached hydrogen (secondary N) is 1. The fourth-order valence-corrected chi connectivity index (χ4v) is 2.22. The summed E-state index contributed by atoms with van der Waals surface area (Å²) in [5, 5.41) is 1.63. The number of halogens is 3. The lowest BCUT2D eigenvalue weighted by Crippen LogP contribution is -2.29. The first-order chi connectivity index (χ1) is 9.91. The highest BCUT2D eigenvalue weighted by Crippen LogP contribution is 2.36. The van der Waals surface area contributed by atoms with Gasteiger partial charge in [0.15, 0.2) is 5.01 Å². The lowest BCUT2D eigenvalue weighted by atomic mass is 10.2. The summed E-state index contributed by atoms with van der Waals surface area (Å²) in [4.78, 5) is 15.1. The van der Waals surface area contributed by atoms with Gasteiger partial charge in [-0.15, -0.1) is 11.3 Å². The topological polar surface area (TPSA) is 77.2 Å². The second-order valence-corrected chi connectivity index (χ2v) is 4.76. The van der Waals surface area contributed by atoms with Gasteiger partial charge in [0, 0.05) is 5.38 Å². The van der Waals surface area contributed by atoms with Crippen LogP contribution in [0.5, 0.6) is 5.75 Å². The highest BCUT2D eigenvalue weighted by atomic mass is 32.1. The van der Waals surface area contributed by atoms with Crippen LogP contribution in [0, 0.1) is 0 Å². The second-order valence-electron chi connectivity index (χ2n) is 3.90. The Morgan fingerprint density at radius 1 is 1.38 bits per heavy atom. The van der Waals surface area contributed by atoms with Crippen LogP contribution in [0.15, 0.2) is 29.6 Å². The van der Waals surface area contributed by atoms with E-state index in [-0.39, 0.29) is 17.4 Å². The number of nitrogen functional groups attached to an aromatic ring is 1. The van der Waals surface area contributed by atoms with Crippen molar-refractivity contribution in [1.29, 1.82) is 0 Å². The minimum Gasteiger partial charge on any atom is -0.487 e. The molecule has 21 heavy (non-hydrogen) atoms. The fourth-order valence-electron chi connectivity index (χ4n) is 1.52. The van der Waals surface area contributed by atoms with Crippen molar-refractivity contribution in [3.63, 3.8) is 0 Å². The van der Waals surface area contributed by atoms with E-state index in [4.69, 9.17) is 10.6 Å². The molecule has 0 unspecified atom stereocenters. The molecule has 0 radical (unpaired) electrons. The maximum absolute atomic E-state index is 12.8. The van der Waals surface area contributed by atoms with E-state index in [1.807, 2.05) is 5.43 Å². The standard InChI is InChI=1S/C12H10F3N3O2S/c13-12(14,15)8-3-1-2-4-9(8)20-5-7-6-21-11(17-7)10(19)18-16/h1-4,6H,5,16H2,(H,18,19). The molecule has 1 amide bonds. The number of rotatable bonds is 4. The lowest BCUT2D eigenvalue weighted by Gasteiger charge is -2.12. The van der Waals surface area contributed by atoms with Crippen LogP contribution in [-0.2, 0) is 12.8 Å². The number of hydrogen-bond acceptors (Lipinski definition) is 5. The van der Waals surface area contributed by atoms with Gasteiger partial charge in [-0.2, -0.15) is 13.2 Å². The Hall–Kier alpha value is -2.13. The molecule has 112 valence electrons. The summed E-state index contributed by atoms with van der Waals surface area (Å²) in [6, 6.07) is 4.88. The molecule has 0 saturated heterocycles. The minimum atomic E-state index is -4.50. The van der Waals surface area contributed by atoms with E-state index in [9.17, 15) is 18.0 Å². The van der Waals surface area contributed by atoms with Gasteiger partial charge in [-0.05, 0) is 12.1 Å². The van der Waals surface area contributed by atoms with E-state index in [1.165, 1.54) is 23.6 Å². The maximum atomic E-state index is 12.8. The van der Waals surface area contributed by atoms with Crippen LogP contribution in [0.3, 0.4) is 0 Å². The smallest absolute Gasteiger partial charge is 0.419 e. The Bertz CT molecular complexity index is 643. The Morgan fingerprint density at radius 3 is 2.76 bits per heavy atom. The first kappa shape index (κ1) is 15.3. The van der Waals surface area contributed by atoms with Crippen molar-refractivity contribution in [1.82, 2.24) is 10.4 Å². The van der Waals surface area contributed by atoms with Crippen molar-refractivity contribution >= 4 is 17.2 Å². The predicted octanol–water partition coefficient (Wildman–Crippen LogP) is 2.34.